The molecule has 0 aromatic carbocycles. The molecular formula is C14H24F2N2O2. The number of alkyl halides is 2. The average molecular weight is 290 g/mol. The third-order valence-corrected chi connectivity index (χ3v) is 3.97. The lowest BCUT2D eigenvalue weighted by Gasteiger charge is -2.53. The fourth-order valence-corrected chi connectivity index (χ4v) is 3.22. The van der Waals surface area contributed by atoms with Crippen molar-refractivity contribution in [3.63, 3.8) is 0 Å². The van der Waals surface area contributed by atoms with Gasteiger partial charge in [-0.3, -0.25) is 0 Å². The lowest BCUT2D eigenvalue weighted by atomic mass is 9.67. The highest BCUT2D eigenvalue weighted by Crippen LogP contribution is 2.48. The molecule has 0 aromatic rings. The Morgan fingerprint density at radius 1 is 1.30 bits per heavy atom. The van der Waals surface area contributed by atoms with Crippen LogP contribution in [0.2, 0.25) is 0 Å². The van der Waals surface area contributed by atoms with Crippen LogP contribution in [0.1, 0.15) is 52.9 Å². The van der Waals surface area contributed by atoms with Crippen LogP contribution < -0.4 is 5.73 Å². The van der Waals surface area contributed by atoms with Crippen molar-refractivity contribution >= 4 is 6.09 Å². The summed E-state index contributed by atoms with van der Waals surface area (Å²) in [6.45, 7) is 5.91. The van der Waals surface area contributed by atoms with E-state index in [1.54, 1.807) is 25.7 Å². The molecule has 1 heterocycles. The van der Waals surface area contributed by atoms with E-state index in [2.05, 4.69) is 0 Å². The van der Waals surface area contributed by atoms with E-state index in [1.165, 1.54) is 0 Å². The van der Waals surface area contributed by atoms with E-state index in [4.69, 9.17) is 10.5 Å². The van der Waals surface area contributed by atoms with Gasteiger partial charge in [0.15, 0.2) is 0 Å². The molecule has 1 aliphatic heterocycles. The summed E-state index contributed by atoms with van der Waals surface area (Å²) in [5.41, 5.74) is 4.55. The number of carbonyl (C=O) groups is 1. The zero-order chi connectivity index (χ0) is 15.2. The molecule has 0 aromatic heterocycles. The highest BCUT2D eigenvalue weighted by molar-refractivity contribution is 5.69. The second-order valence-electron chi connectivity index (χ2n) is 7.13. The van der Waals surface area contributed by atoms with Crippen molar-refractivity contribution in [3.8, 4) is 0 Å². The number of rotatable bonds is 1. The quantitative estimate of drug-likeness (QED) is 0.808. The molecule has 1 atom stereocenters. The Hall–Kier alpha value is -0.910. The molecule has 0 bridgehead atoms. The summed E-state index contributed by atoms with van der Waals surface area (Å²) >= 11 is 0. The Morgan fingerprint density at radius 3 is 2.40 bits per heavy atom. The maximum Gasteiger partial charge on any atom is 0.410 e. The largest absolute Gasteiger partial charge is 0.444 e. The molecule has 0 radical (unpaired) electrons. The van der Waals surface area contributed by atoms with Gasteiger partial charge in [0, 0.05) is 24.9 Å². The molecule has 2 fully saturated rings. The van der Waals surface area contributed by atoms with Gasteiger partial charge in [-0.1, -0.05) is 0 Å². The molecule has 1 amide bonds. The topological polar surface area (TPSA) is 55.6 Å². The number of nitrogens with zero attached hydrogens (tertiary/aromatic N) is 1. The summed E-state index contributed by atoms with van der Waals surface area (Å²) in [6.07, 6.45) is 1.32. The molecule has 2 rings (SSSR count). The van der Waals surface area contributed by atoms with Gasteiger partial charge in [-0.25, -0.2) is 13.6 Å². The van der Waals surface area contributed by atoms with Gasteiger partial charge in [0.2, 0.25) is 0 Å². The summed E-state index contributed by atoms with van der Waals surface area (Å²) in [7, 11) is 0. The van der Waals surface area contributed by atoms with E-state index in [-0.39, 0.29) is 18.9 Å². The van der Waals surface area contributed by atoms with Crippen molar-refractivity contribution in [1.29, 1.82) is 0 Å². The van der Waals surface area contributed by atoms with Gasteiger partial charge in [0.05, 0.1) is 6.04 Å². The number of hydrogen-bond acceptors (Lipinski definition) is 3. The average Bonchev–Trinajstić information content (AvgIpc) is 2.24. The molecular weight excluding hydrogens is 266 g/mol. The first kappa shape index (κ1) is 15.5. The highest BCUT2D eigenvalue weighted by Gasteiger charge is 2.60. The maximum atomic E-state index is 13.2. The monoisotopic (exact) mass is 290 g/mol. The number of halogens is 2. The van der Waals surface area contributed by atoms with E-state index in [9.17, 15) is 13.6 Å². The Kier molecular flexibility index (Phi) is 3.73. The fourth-order valence-electron chi connectivity index (χ4n) is 3.22. The number of carbonyl (C=O) groups excluding carboxylic acids is 1. The molecule has 2 N–H and O–H groups in total. The predicted octanol–water partition coefficient (Wildman–Crippen LogP) is 2.90. The van der Waals surface area contributed by atoms with Crippen LogP contribution in [0.25, 0.3) is 0 Å². The third kappa shape index (κ3) is 3.22. The molecule has 116 valence electrons. The number of nitrogens with two attached hydrogens (primary N) is 1. The van der Waals surface area contributed by atoms with Gasteiger partial charge in [-0.2, -0.15) is 0 Å². The minimum Gasteiger partial charge on any atom is -0.444 e. The summed E-state index contributed by atoms with van der Waals surface area (Å²) < 4.78 is 31.7. The minimum atomic E-state index is -2.69. The minimum absolute atomic E-state index is 0.342. The van der Waals surface area contributed by atoms with E-state index in [0.717, 1.165) is 12.8 Å². The van der Waals surface area contributed by atoms with Gasteiger partial charge in [-0.15, -0.1) is 0 Å². The van der Waals surface area contributed by atoms with Crippen LogP contribution in [0, 0.1) is 0 Å². The van der Waals surface area contributed by atoms with Gasteiger partial charge in [0.25, 0.3) is 5.92 Å². The third-order valence-electron chi connectivity index (χ3n) is 3.97. The number of piperidine rings is 1. The number of amides is 1. The van der Waals surface area contributed by atoms with Crippen molar-refractivity contribution in [2.45, 2.75) is 76.0 Å². The van der Waals surface area contributed by atoms with Crippen LogP contribution in [0.3, 0.4) is 0 Å². The lowest BCUT2D eigenvalue weighted by Crippen LogP contribution is -2.70. The summed E-state index contributed by atoms with van der Waals surface area (Å²) in [5.74, 6) is -2.69. The Balaban J connectivity index is 2.08. The van der Waals surface area contributed by atoms with Crippen molar-refractivity contribution in [2.75, 3.05) is 6.54 Å². The maximum absolute atomic E-state index is 13.2. The van der Waals surface area contributed by atoms with Crippen LogP contribution in [-0.4, -0.2) is 40.6 Å². The fraction of sp³-hybridized carbons (Fsp3) is 0.929. The van der Waals surface area contributed by atoms with Crippen LogP contribution in [0.4, 0.5) is 13.6 Å². The normalized spacial score (nSPS) is 28.7. The van der Waals surface area contributed by atoms with Crippen molar-refractivity contribution in [3.05, 3.63) is 0 Å². The van der Waals surface area contributed by atoms with Crippen molar-refractivity contribution in [1.82, 2.24) is 4.90 Å². The van der Waals surface area contributed by atoms with E-state index in [0.29, 0.717) is 13.0 Å². The molecule has 2 aliphatic rings. The summed E-state index contributed by atoms with van der Waals surface area (Å²) in [4.78, 5) is 13.8. The Morgan fingerprint density at radius 2 is 1.90 bits per heavy atom. The van der Waals surface area contributed by atoms with Crippen LogP contribution in [-0.2, 0) is 4.74 Å². The second kappa shape index (κ2) is 4.83. The number of hydrogen-bond donors (Lipinski definition) is 1. The highest BCUT2D eigenvalue weighted by atomic mass is 19.3. The number of ether oxygens (including phenoxy) is 1. The van der Waals surface area contributed by atoms with Gasteiger partial charge in [0.1, 0.15) is 5.60 Å². The van der Waals surface area contributed by atoms with Gasteiger partial charge >= 0.3 is 6.09 Å². The van der Waals surface area contributed by atoms with Crippen molar-refractivity contribution in [2.24, 2.45) is 5.73 Å². The Labute approximate surface area is 118 Å². The molecule has 1 saturated heterocycles. The smallest absolute Gasteiger partial charge is 0.410 e. The predicted molar refractivity (Wildman–Crippen MR) is 71.7 cm³/mol. The zero-order valence-corrected chi connectivity index (χ0v) is 12.4. The molecule has 6 heteroatoms. The van der Waals surface area contributed by atoms with Gasteiger partial charge in [-0.05, 0) is 40.0 Å². The standard InChI is InChI=1S/C14H24F2N2O2/c1-12(2,3)20-11(19)18-7-5-4-6-10(18)13(17)8-14(15,16)9-13/h10H,4-9,17H2,1-3H3. The van der Waals surface area contributed by atoms with Crippen LogP contribution in [0.15, 0.2) is 0 Å². The number of likely N-dealkylation sites (tertiary alicyclic amines) is 1. The molecule has 0 spiro atoms. The SMILES string of the molecule is CC(C)(C)OC(=O)N1CCCCC1C1(N)CC(F)(F)C1. The van der Waals surface area contributed by atoms with Crippen molar-refractivity contribution < 1.29 is 18.3 Å². The first-order valence-corrected chi connectivity index (χ1v) is 7.19. The molecule has 20 heavy (non-hydrogen) atoms. The molecule has 1 unspecified atom stereocenters. The van der Waals surface area contributed by atoms with E-state index < -0.39 is 23.2 Å². The van der Waals surface area contributed by atoms with E-state index in [1.807, 2.05) is 0 Å². The lowest BCUT2D eigenvalue weighted by molar-refractivity contribution is -0.147. The zero-order valence-electron chi connectivity index (χ0n) is 12.4. The molecule has 1 saturated carbocycles. The first-order valence-electron chi connectivity index (χ1n) is 7.19. The second-order valence-corrected chi connectivity index (χ2v) is 7.13. The van der Waals surface area contributed by atoms with E-state index >= 15 is 0 Å². The van der Waals surface area contributed by atoms with Gasteiger partial charge < -0.3 is 15.4 Å². The molecule has 4 nitrogen and oxygen atoms in total. The van der Waals surface area contributed by atoms with Crippen LogP contribution >= 0.6 is 0 Å². The first-order chi connectivity index (χ1) is 9.03. The van der Waals surface area contributed by atoms with Crippen LogP contribution in [0.5, 0.6) is 0 Å². The summed E-state index contributed by atoms with van der Waals surface area (Å²) in [6, 6.07) is -0.342. The Bertz CT molecular complexity index is 385. The molecule has 1 aliphatic carbocycles. The summed E-state index contributed by atoms with van der Waals surface area (Å²) in [5, 5.41) is 0.